The fourth-order valence-corrected chi connectivity index (χ4v) is 5.48. The first-order valence-electron chi connectivity index (χ1n) is 10.5. The summed E-state index contributed by atoms with van der Waals surface area (Å²) in [5.74, 6) is 0.855. The van der Waals surface area contributed by atoms with Crippen molar-refractivity contribution in [1.82, 2.24) is 10.3 Å². The Hall–Kier alpha value is -2.13. The van der Waals surface area contributed by atoms with Crippen molar-refractivity contribution in [1.29, 1.82) is 0 Å². The molecule has 0 radical (unpaired) electrons. The second kappa shape index (κ2) is 9.56. The molecule has 4 N–H and O–H groups in total. The summed E-state index contributed by atoms with van der Waals surface area (Å²) in [6.07, 6.45) is 10.8. The Morgan fingerprint density at radius 2 is 2.16 bits per heavy atom. The Balaban J connectivity index is 1.43. The molecule has 164 valence electrons. The van der Waals surface area contributed by atoms with E-state index in [1.807, 2.05) is 6.20 Å². The topological polar surface area (TPSA) is 97.1 Å². The van der Waals surface area contributed by atoms with E-state index in [0.717, 1.165) is 35.5 Å². The predicted molar refractivity (Wildman–Crippen MR) is 129 cm³/mol. The molecule has 0 spiro atoms. The van der Waals surface area contributed by atoms with E-state index in [1.165, 1.54) is 21.6 Å². The highest BCUT2D eigenvalue weighted by Gasteiger charge is 2.25. The molecular formula is C23H28N4O2S2. The quantitative estimate of drug-likeness (QED) is 0.523. The summed E-state index contributed by atoms with van der Waals surface area (Å²) < 4.78 is 22.1. The van der Waals surface area contributed by atoms with Gasteiger partial charge in [0.1, 0.15) is 0 Å². The normalized spacial score (nSPS) is 18.0. The minimum atomic E-state index is -3.44. The van der Waals surface area contributed by atoms with E-state index in [2.05, 4.69) is 60.1 Å². The summed E-state index contributed by atoms with van der Waals surface area (Å²) >= 11 is 1.80. The number of primary sulfonamides is 1. The van der Waals surface area contributed by atoms with Crippen molar-refractivity contribution in [3.63, 3.8) is 0 Å². The molecule has 1 aromatic heterocycles. The van der Waals surface area contributed by atoms with Gasteiger partial charge in [-0.25, -0.2) is 13.6 Å². The van der Waals surface area contributed by atoms with Crippen molar-refractivity contribution >= 4 is 33.0 Å². The molecule has 0 saturated heterocycles. The van der Waals surface area contributed by atoms with Gasteiger partial charge in [0.05, 0.1) is 17.5 Å². The lowest BCUT2D eigenvalue weighted by Crippen LogP contribution is -2.26. The van der Waals surface area contributed by atoms with Crippen molar-refractivity contribution in [2.75, 3.05) is 23.4 Å². The third kappa shape index (κ3) is 5.57. The Kier molecular flexibility index (Phi) is 6.81. The molecule has 2 aliphatic rings. The predicted octanol–water partition coefficient (Wildman–Crippen LogP) is 3.76. The van der Waals surface area contributed by atoms with Crippen molar-refractivity contribution in [2.24, 2.45) is 5.14 Å². The van der Waals surface area contributed by atoms with Gasteiger partial charge in [0, 0.05) is 35.6 Å². The first kappa shape index (κ1) is 22.1. The molecule has 1 aliphatic heterocycles. The van der Waals surface area contributed by atoms with Crippen molar-refractivity contribution in [3.05, 3.63) is 71.1 Å². The number of rotatable bonds is 8. The largest absolute Gasteiger partial charge is 0.376 e. The first-order chi connectivity index (χ1) is 14.9. The number of fused-ring (bicyclic) bond motifs is 1. The van der Waals surface area contributed by atoms with Crippen LogP contribution in [0, 0.1) is 6.92 Å². The number of hydrogen-bond donors (Lipinski definition) is 3. The molecule has 4 rings (SSSR count). The van der Waals surface area contributed by atoms with Gasteiger partial charge in [-0.1, -0.05) is 30.4 Å². The molecule has 0 amide bonds. The molecule has 0 bridgehead atoms. The summed E-state index contributed by atoms with van der Waals surface area (Å²) in [5.41, 5.74) is 7.09. The molecule has 2 aromatic rings. The van der Waals surface area contributed by atoms with Crippen LogP contribution in [0.2, 0.25) is 0 Å². The number of thioether (sulfide) groups is 1. The van der Waals surface area contributed by atoms with Gasteiger partial charge in [-0.3, -0.25) is 4.98 Å². The van der Waals surface area contributed by atoms with Crippen LogP contribution in [0.5, 0.6) is 0 Å². The van der Waals surface area contributed by atoms with Crippen LogP contribution in [0.15, 0.2) is 53.6 Å². The zero-order valence-corrected chi connectivity index (χ0v) is 19.2. The zero-order chi connectivity index (χ0) is 21.8. The molecule has 1 aromatic carbocycles. The summed E-state index contributed by atoms with van der Waals surface area (Å²) in [4.78, 5) is 5.89. The number of aromatic nitrogens is 1. The van der Waals surface area contributed by atoms with E-state index in [-0.39, 0.29) is 11.8 Å². The Labute approximate surface area is 188 Å². The number of allylic oxidation sites excluding steroid dienone is 4. The van der Waals surface area contributed by atoms with E-state index >= 15 is 0 Å². The number of anilines is 1. The van der Waals surface area contributed by atoms with Crippen LogP contribution >= 0.6 is 11.8 Å². The number of sulfonamides is 1. The highest BCUT2D eigenvalue weighted by molar-refractivity contribution is 7.99. The molecular weight excluding hydrogens is 428 g/mol. The molecule has 8 heteroatoms. The number of nitrogens with two attached hydrogens (primary N) is 1. The number of pyridine rings is 1. The van der Waals surface area contributed by atoms with Gasteiger partial charge >= 0.3 is 0 Å². The summed E-state index contributed by atoms with van der Waals surface area (Å²) in [6, 6.07) is 8.74. The van der Waals surface area contributed by atoms with Crippen molar-refractivity contribution < 1.29 is 8.42 Å². The van der Waals surface area contributed by atoms with Gasteiger partial charge in [0.2, 0.25) is 10.0 Å². The maximum absolute atomic E-state index is 11.0. The Morgan fingerprint density at radius 3 is 2.94 bits per heavy atom. The third-order valence-electron chi connectivity index (χ3n) is 5.54. The second-order valence-corrected chi connectivity index (χ2v) is 10.7. The van der Waals surface area contributed by atoms with Gasteiger partial charge in [0.25, 0.3) is 0 Å². The fraction of sp³-hybridized carbons (Fsp3) is 0.348. The smallest absolute Gasteiger partial charge is 0.210 e. The van der Waals surface area contributed by atoms with Crippen LogP contribution in [0.25, 0.3) is 5.57 Å². The van der Waals surface area contributed by atoms with Crippen LogP contribution in [-0.2, 0) is 16.6 Å². The van der Waals surface area contributed by atoms with E-state index in [1.54, 1.807) is 11.8 Å². The van der Waals surface area contributed by atoms with Gasteiger partial charge in [-0.15, -0.1) is 11.8 Å². The molecule has 0 saturated carbocycles. The van der Waals surface area contributed by atoms with Crippen molar-refractivity contribution in [2.45, 2.75) is 37.2 Å². The Morgan fingerprint density at radius 1 is 1.29 bits per heavy atom. The van der Waals surface area contributed by atoms with Gasteiger partial charge in [0.15, 0.2) is 0 Å². The molecule has 31 heavy (non-hydrogen) atoms. The first-order valence-corrected chi connectivity index (χ1v) is 13.2. The third-order valence-corrected chi connectivity index (χ3v) is 7.45. The molecule has 1 unspecified atom stereocenters. The van der Waals surface area contributed by atoms with E-state index in [9.17, 15) is 8.42 Å². The lowest BCUT2D eigenvalue weighted by atomic mass is 9.95. The Bertz CT molecular complexity index is 1130. The monoisotopic (exact) mass is 456 g/mol. The lowest BCUT2D eigenvalue weighted by Gasteiger charge is -2.19. The average molecular weight is 457 g/mol. The van der Waals surface area contributed by atoms with Gasteiger partial charge in [-0.05, 0) is 54.2 Å². The highest BCUT2D eigenvalue weighted by Crippen LogP contribution is 2.40. The molecule has 6 nitrogen and oxygen atoms in total. The van der Waals surface area contributed by atoms with Crippen LogP contribution in [-0.4, -0.2) is 31.5 Å². The second-order valence-electron chi connectivity index (χ2n) is 7.90. The lowest BCUT2D eigenvalue weighted by molar-refractivity contribution is 0.592. The molecule has 2 heterocycles. The van der Waals surface area contributed by atoms with Crippen LogP contribution in [0.4, 0.5) is 5.69 Å². The molecule has 1 aliphatic carbocycles. The van der Waals surface area contributed by atoms with Gasteiger partial charge < -0.3 is 10.6 Å². The van der Waals surface area contributed by atoms with Gasteiger partial charge in [-0.2, -0.15) is 0 Å². The standard InChI is InChI=1S/C23H28N4O2S2/c1-16-19(18-6-3-2-4-7-18)8-5-9-20(16)27-21-15-30-22-12-17(14-26-23(21)22)13-25-10-11-31(24,28)29/h3,5-9,12,14,21,25,27H,2,4,10-11,13,15H2,1H3,(H2,24,28,29). The SMILES string of the molecule is Cc1c(NC2CSc3cc(CNCCS(N)(=O)=O)cnc32)cccc1C1=CCCC=C1. The molecule has 1 atom stereocenters. The minimum absolute atomic E-state index is 0.0722. The van der Waals surface area contributed by atoms with E-state index < -0.39 is 10.0 Å². The number of nitrogens with zero attached hydrogens (tertiary/aromatic N) is 1. The maximum Gasteiger partial charge on any atom is 0.210 e. The fourth-order valence-electron chi connectivity index (χ4n) is 3.88. The zero-order valence-electron chi connectivity index (χ0n) is 17.6. The molecule has 0 fully saturated rings. The number of nitrogens with one attached hydrogen (secondary N) is 2. The maximum atomic E-state index is 11.0. The minimum Gasteiger partial charge on any atom is -0.376 e. The average Bonchev–Trinajstić information content (AvgIpc) is 3.15. The van der Waals surface area contributed by atoms with E-state index in [0.29, 0.717) is 13.1 Å². The van der Waals surface area contributed by atoms with Crippen LogP contribution in [0.1, 0.15) is 41.3 Å². The summed E-state index contributed by atoms with van der Waals surface area (Å²) in [5, 5.41) is 11.8. The van der Waals surface area contributed by atoms with E-state index in [4.69, 9.17) is 10.1 Å². The van der Waals surface area contributed by atoms with Crippen molar-refractivity contribution in [3.8, 4) is 0 Å². The highest BCUT2D eigenvalue weighted by atomic mass is 32.2. The van der Waals surface area contributed by atoms with Crippen LogP contribution in [0.3, 0.4) is 0 Å². The summed E-state index contributed by atoms with van der Waals surface area (Å²) in [7, 11) is -3.44. The van der Waals surface area contributed by atoms with Crippen LogP contribution < -0.4 is 15.8 Å². The summed E-state index contributed by atoms with van der Waals surface area (Å²) in [6.45, 7) is 3.07. The number of benzene rings is 1. The number of hydrogen-bond acceptors (Lipinski definition) is 6.